The molecule has 2 atom stereocenters. The van der Waals surface area contributed by atoms with Crippen LogP contribution >= 0.6 is 0 Å². The lowest BCUT2D eigenvalue weighted by Gasteiger charge is -2.46. The molecular weight excluding hydrogens is 278 g/mol. The van der Waals surface area contributed by atoms with Gasteiger partial charge in [0.1, 0.15) is 0 Å². The minimum absolute atomic E-state index is 0.206. The van der Waals surface area contributed by atoms with E-state index in [4.69, 9.17) is 9.84 Å². The zero-order valence-electron chi connectivity index (χ0n) is 13.2. The fourth-order valence-corrected chi connectivity index (χ4v) is 4.24. The van der Waals surface area contributed by atoms with Crippen LogP contribution in [0.15, 0.2) is 23.3 Å². The molecule has 0 amide bonds. The molecule has 5 rings (SSSR count). The lowest BCUT2D eigenvalue weighted by atomic mass is 9.78. The molecular formula is C17H23N3O2. The number of hydrazone groups is 1. The average Bonchev–Trinajstić information content (AvgIpc) is 2.90. The molecule has 1 aromatic carbocycles. The van der Waals surface area contributed by atoms with Crippen LogP contribution in [0, 0.1) is 5.92 Å². The van der Waals surface area contributed by atoms with Gasteiger partial charge in [-0.2, -0.15) is 5.10 Å². The highest BCUT2D eigenvalue weighted by Crippen LogP contribution is 2.43. The molecule has 5 nitrogen and oxygen atoms in total. The molecule has 4 heterocycles. The molecule has 0 aromatic heterocycles. The molecule has 0 saturated carbocycles. The summed E-state index contributed by atoms with van der Waals surface area (Å²) in [6.45, 7) is 4.84. The number of benzene rings is 1. The Labute approximate surface area is 131 Å². The number of likely N-dealkylation sites (N-methyl/N-ethyl adjacent to an activating group) is 1. The summed E-state index contributed by atoms with van der Waals surface area (Å²) < 4.78 is 5.55. The Balaban J connectivity index is 1.69. The number of aromatic hydroxyl groups is 1. The second-order valence-corrected chi connectivity index (χ2v) is 6.46. The summed E-state index contributed by atoms with van der Waals surface area (Å²) in [5.41, 5.74) is 2.52. The third kappa shape index (κ3) is 1.99. The molecule has 2 bridgehead atoms. The van der Waals surface area contributed by atoms with Crippen LogP contribution in [0.2, 0.25) is 0 Å². The van der Waals surface area contributed by atoms with Crippen molar-refractivity contribution in [2.24, 2.45) is 11.0 Å². The molecule has 22 heavy (non-hydrogen) atoms. The van der Waals surface area contributed by atoms with Crippen molar-refractivity contribution in [3.05, 3.63) is 23.8 Å². The standard InChI is InChI=1S/C17H23N3O2/c1-3-22-14-10-12(4-5-13(14)21)16-17-15(18-19(16)2)11-6-8-20(17)9-7-11/h4-5,10-11,16-17,21H,3,6-9H2,1-2H3. The van der Waals surface area contributed by atoms with Crippen molar-refractivity contribution in [3.8, 4) is 11.5 Å². The van der Waals surface area contributed by atoms with Crippen LogP contribution in [0.1, 0.15) is 31.4 Å². The fraction of sp³-hybridized carbons (Fsp3) is 0.588. The monoisotopic (exact) mass is 301 g/mol. The summed E-state index contributed by atoms with van der Waals surface area (Å²) in [6, 6.07) is 6.32. The van der Waals surface area contributed by atoms with Gasteiger partial charge in [0.25, 0.3) is 0 Å². The second-order valence-electron chi connectivity index (χ2n) is 6.46. The van der Waals surface area contributed by atoms with Crippen LogP contribution in [0.4, 0.5) is 0 Å². The van der Waals surface area contributed by atoms with Gasteiger partial charge >= 0.3 is 0 Å². The number of nitrogens with zero attached hydrogens (tertiary/aromatic N) is 3. The predicted octanol–water partition coefficient (Wildman–Crippen LogP) is 2.23. The fourth-order valence-electron chi connectivity index (χ4n) is 4.24. The van der Waals surface area contributed by atoms with Gasteiger partial charge in [0.05, 0.1) is 24.4 Å². The lowest BCUT2D eigenvalue weighted by Crippen LogP contribution is -2.56. The topological polar surface area (TPSA) is 48.3 Å². The molecule has 4 aliphatic heterocycles. The first kappa shape index (κ1) is 13.9. The number of phenolic OH excluding ortho intramolecular Hbond substituents is 1. The normalized spacial score (nSPS) is 32.8. The minimum Gasteiger partial charge on any atom is -0.504 e. The Bertz CT molecular complexity index is 608. The number of piperidine rings is 3. The molecule has 118 valence electrons. The van der Waals surface area contributed by atoms with Crippen molar-refractivity contribution in [2.45, 2.75) is 31.8 Å². The van der Waals surface area contributed by atoms with Crippen molar-refractivity contribution < 1.29 is 9.84 Å². The van der Waals surface area contributed by atoms with Crippen molar-refractivity contribution >= 4 is 5.71 Å². The molecule has 0 radical (unpaired) electrons. The van der Waals surface area contributed by atoms with E-state index in [2.05, 4.69) is 17.0 Å². The predicted molar refractivity (Wildman–Crippen MR) is 85.3 cm³/mol. The van der Waals surface area contributed by atoms with Crippen LogP contribution < -0.4 is 4.74 Å². The summed E-state index contributed by atoms with van der Waals surface area (Å²) >= 11 is 0. The van der Waals surface area contributed by atoms with E-state index in [1.165, 1.54) is 37.2 Å². The Morgan fingerprint density at radius 1 is 1.27 bits per heavy atom. The van der Waals surface area contributed by atoms with E-state index in [1.54, 1.807) is 6.07 Å². The van der Waals surface area contributed by atoms with Crippen molar-refractivity contribution in [3.63, 3.8) is 0 Å². The average molecular weight is 301 g/mol. The maximum atomic E-state index is 9.93. The Morgan fingerprint density at radius 3 is 2.77 bits per heavy atom. The summed E-state index contributed by atoms with van der Waals surface area (Å²) in [5, 5.41) is 16.9. The van der Waals surface area contributed by atoms with Gasteiger partial charge in [-0.25, -0.2) is 0 Å². The summed E-state index contributed by atoms with van der Waals surface area (Å²) in [4.78, 5) is 2.57. The van der Waals surface area contributed by atoms with E-state index < -0.39 is 0 Å². The minimum atomic E-state index is 0.206. The van der Waals surface area contributed by atoms with Crippen molar-refractivity contribution in [1.82, 2.24) is 9.91 Å². The highest BCUT2D eigenvalue weighted by Gasteiger charge is 2.48. The number of hydrogen-bond acceptors (Lipinski definition) is 5. The molecule has 3 fully saturated rings. The van der Waals surface area contributed by atoms with Crippen LogP contribution in [-0.4, -0.2) is 53.5 Å². The number of rotatable bonds is 3. The first-order chi connectivity index (χ1) is 10.7. The third-order valence-electron chi connectivity index (χ3n) is 5.24. The molecule has 3 saturated heterocycles. The van der Waals surface area contributed by atoms with Gasteiger partial charge in [0, 0.05) is 13.0 Å². The first-order valence-corrected chi connectivity index (χ1v) is 8.20. The van der Waals surface area contributed by atoms with Crippen LogP contribution in [0.5, 0.6) is 11.5 Å². The second kappa shape index (κ2) is 5.16. The van der Waals surface area contributed by atoms with E-state index in [9.17, 15) is 5.11 Å². The van der Waals surface area contributed by atoms with E-state index in [-0.39, 0.29) is 11.8 Å². The number of fused-ring (bicyclic) bond motifs is 2. The van der Waals surface area contributed by atoms with Crippen LogP contribution in [0.25, 0.3) is 0 Å². The first-order valence-electron chi connectivity index (χ1n) is 8.20. The van der Waals surface area contributed by atoms with E-state index in [1.807, 2.05) is 19.1 Å². The van der Waals surface area contributed by atoms with Gasteiger partial charge in [-0.15, -0.1) is 0 Å². The maximum absolute atomic E-state index is 9.93. The Kier molecular flexibility index (Phi) is 3.26. The molecule has 1 N–H and O–H groups in total. The van der Waals surface area contributed by atoms with Gasteiger partial charge in [-0.05, 0) is 50.6 Å². The van der Waals surface area contributed by atoms with Crippen LogP contribution in [-0.2, 0) is 0 Å². The summed E-state index contributed by atoms with van der Waals surface area (Å²) in [5.74, 6) is 1.43. The van der Waals surface area contributed by atoms with Crippen molar-refractivity contribution in [2.75, 3.05) is 26.7 Å². The summed E-state index contributed by atoms with van der Waals surface area (Å²) in [7, 11) is 2.06. The summed E-state index contributed by atoms with van der Waals surface area (Å²) in [6.07, 6.45) is 2.49. The van der Waals surface area contributed by atoms with Gasteiger partial charge < -0.3 is 9.84 Å². The SMILES string of the molecule is CCOc1cc(C2C3C(=NN2C)C2CCN3CC2)ccc1O. The molecule has 0 spiro atoms. The van der Waals surface area contributed by atoms with Gasteiger partial charge in [0.15, 0.2) is 11.5 Å². The highest BCUT2D eigenvalue weighted by atomic mass is 16.5. The van der Waals surface area contributed by atoms with Gasteiger partial charge in [-0.1, -0.05) is 6.07 Å². The zero-order chi connectivity index (χ0) is 15.3. The molecule has 2 unspecified atom stereocenters. The van der Waals surface area contributed by atoms with Gasteiger partial charge in [0.2, 0.25) is 0 Å². The van der Waals surface area contributed by atoms with Crippen LogP contribution in [0.3, 0.4) is 0 Å². The Hall–Kier alpha value is -1.75. The molecule has 0 aliphatic carbocycles. The van der Waals surface area contributed by atoms with Gasteiger partial charge in [-0.3, -0.25) is 9.91 Å². The zero-order valence-corrected chi connectivity index (χ0v) is 13.2. The number of hydrogen-bond donors (Lipinski definition) is 1. The third-order valence-corrected chi connectivity index (χ3v) is 5.24. The quantitative estimate of drug-likeness (QED) is 0.930. The number of phenols is 1. The smallest absolute Gasteiger partial charge is 0.161 e. The Morgan fingerprint density at radius 2 is 2.05 bits per heavy atom. The molecule has 1 aromatic rings. The largest absolute Gasteiger partial charge is 0.504 e. The highest BCUT2D eigenvalue weighted by molar-refractivity contribution is 5.95. The molecule has 4 aliphatic rings. The lowest BCUT2D eigenvalue weighted by molar-refractivity contribution is 0.106. The molecule has 5 heteroatoms. The van der Waals surface area contributed by atoms with E-state index >= 15 is 0 Å². The van der Waals surface area contributed by atoms with E-state index in [0.717, 1.165) is 0 Å². The van der Waals surface area contributed by atoms with E-state index in [0.29, 0.717) is 24.3 Å². The maximum Gasteiger partial charge on any atom is 0.161 e. The van der Waals surface area contributed by atoms with Crippen molar-refractivity contribution in [1.29, 1.82) is 0 Å². The number of ether oxygens (including phenoxy) is 1.